The molecule has 0 aliphatic rings. The molecule has 3 amide bonds. The van der Waals surface area contributed by atoms with Gasteiger partial charge in [0.1, 0.15) is 5.75 Å². The molecule has 0 spiro atoms. The lowest BCUT2D eigenvalue weighted by atomic mass is 10.3. The number of carbonyl (C=O) groups excluding carboxylic acids is 2. The molecule has 0 radical (unpaired) electrons. The molecular formula is C15H15N3O3. The second-order valence-electron chi connectivity index (χ2n) is 4.22. The summed E-state index contributed by atoms with van der Waals surface area (Å²) in [6.45, 7) is -0.0781. The molecule has 0 atom stereocenters. The van der Waals surface area contributed by atoms with E-state index in [1.54, 1.807) is 36.4 Å². The standard InChI is InChI=1S/C15H15N3O3/c16-15(20)18-12-8-6-11(7-9-12)17-14(19)10-21-13-4-2-1-3-5-13/h1-9H,10H2,(H,17,19)(H3,16,18,20). The van der Waals surface area contributed by atoms with Crippen LogP contribution in [0.25, 0.3) is 0 Å². The van der Waals surface area contributed by atoms with Crippen LogP contribution in [0.3, 0.4) is 0 Å². The predicted molar refractivity (Wildman–Crippen MR) is 80.2 cm³/mol. The maximum Gasteiger partial charge on any atom is 0.316 e. The van der Waals surface area contributed by atoms with Crippen molar-refractivity contribution in [3.63, 3.8) is 0 Å². The van der Waals surface area contributed by atoms with Gasteiger partial charge in [-0.05, 0) is 36.4 Å². The lowest BCUT2D eigenvalue weighted by molar-refractivity contribution is -0.118. The van der Waals surface area contributed by atoms with Crippen LogP contribution in [0.1, 0.15) is 0 Å². The van der Waals surface area contributed by atoms with Gasteiger partial charge < -0.3 is 21.1 Å². The van der Waals surface area contributed by atoms with E-state index in [2.05, 4.69) is 10.6 Å². The van der Waals surface area contributed by atoms with Crippen LogP contribution in [0.5, 0.6) is 5.75 Å². The van der Waals surface area contributed by atoms with Crippen LogP contribution in [-0.2, 0) is 4.79 Å². The predicted octanol–water partition coefficient (Wildman–Crippen LogP) is 2.19. The van der Waals surface area contributed by atoms with Crippen LogP contribution in [0.2, 0.25) is 0 Å². The Morgan fingerprint density at radius 1 is 0.905 bits per heavy atom. The monoisotopic (exact) mass is 285 g/mol. The Morgan fingerprint density at radius 3 is 2.05 bits per heavy atom. The second-order valence-corrected chi connectivity index (χ2v) is 4.22. The summed E-state index contributed by atoms with van der Waals surface area (Å²) >= 11 is 0. The van der Waals surface area contributed by atoms with Crippen molar-refractivity contribution in [2.45, 2.75) is 0 Å². The first-order chi connectivity index (χ1) is 10.1. The molecule has 6 heteroatoms. The molecule has 21 heavy (non-hydrogen) atoms. The van der Waals surface area contributed by atoms with Gasteiger partial charge in [0.15, 0.2) is 6.61 Å². The van der Waals surface area contributed by atoms with E-state index in [9.17, 15) is 9.59 Å². The molecule has 2 aromatic rings. The maximum absolute atomic E-state index is 11.7. The van der Waals surface area contributed by atoms with Gasteiger partial charge in [-0.25, -0.2) is 4.79 Å². The smallest absolute Gasteiger partial charge is 0.316 e. The number of carbonyl (C=O) groups is 2. The fraction of sp³-hybridized carbons (Fsp3) is 0.0667. The van der Waals surface area contributed by atoms with E-state index in [4.69, 9.17) is 10.5 Å². The summed E-state index contributed by atoms with van der Waals surface area (Å²) in [5.41, 5.74) is 6.16. The fourth-order valence-electron chi connectivity index (χ4n) is 1.64. The number of hydrogen-bond acceptors (Lipinski definition) is 3. The highest BCUT2D eigenvalue weighted by Crippen LogP contribution is 2.13. The maximum atomic E-state index is 11.7. The normalized spacial score (nSPS) is 9.71. The zero-order valence-corrected chi connectivity index (χ0v) is 11.2. The van der Waals surface area contributed by atoms with Crippen molar-refractivity contribution in [1.29, 1.82) is 0 Å². The first kappa shape index (κ1) is 14.4. The SMILES string of the molecule is NC(=O)Nc1ccc(NC(=O)COc2ccccc2)cc1. The fourth-order valence-corrected chi connectivity index (χ4v) is 1.64. The Balaban J connectivity index is 1.83. The quantitative estimate of drug-likeness (QED) is 0.786. The number of nitrogens with one attached hydrogen (secondary N) is 2. The van der Waals surface area contributed by atoms with Gasteiger partial charge in [0, 0.05) is 11.4 Å². The van der Waals surface area contributed by atoms with Gasteiger partial charge in [0.2, 0.25) is 0 Å². The van der Waals surface area contributed by atoms with E-state index >= 15 is 0 Å². The van der Waals surface area contributed by atoms with Crippen LogP contribution in [0.15, 0.2) is 54.6 Å². The Hall–Kier alpha value is -3.02. The van der Waals surface area contributed by atoms with Gasteiger partial charge in [-0.2, -0.15) is 0 Å². The minimum absolute atomic E-state index is 0.0781. The highest BCUT2D eigenvalue weighted by Gasteiger charge is 2.04. The number of anilines is 2. The van der Waals surface area contributed by atoms with Crippen LogP contribution in [0, 0.1) is 0 Å². The van der Waals surface area contributed by atoms with Gasteiger partial charge in [0.25, 0.3) is 5.91 Å². The van der Waals surface area contributed by atoms with Gasteiger partial charge >= 0.3 is 6.03 Å². The van der Waals surface area contributed by atoms with E-state index in [1.165, 1.54) is 0 Å². The molecule has 4 N–H and O–H groups in total. The molecule has 108 valence electrons. The Morgan fingerprint density at radius 2 is 1.48 bits per heavy atom. The summed E-state index contributed by atoms with van der Waals surface area (Å²) in [6, 6.07) is 15.0. The van der Waals surface area contributed by atoms with Crippen molar-refractivity contribution in [3.8, 4) is 5.75 Å². The van der Waals surface area contributed by atoms with Crippen LogP contribution < -0.4 is 21.1 Å². The zero-order chi connectivity index (χ0) is 15.1. The van der Waals surface area contributed by atoms with Crippen molar-refractivity contribution in [3.05, 3.63) is 54.6 Å². The highest BCUT2D eigenvalue weighted by molar-refractivity contribution is 5.92. The Labute approximate surface area is 121 Å². The van der Waals surface area contributed by atoms with E-state index in [1.807, 2.05) is 18.2 Å². The molecule has 2 aromatic carbocycles. The molecule has 0 fully saturated rings. The number of ether oxygens (including phenoxy) is 1. The molecule has 0 unspecified atom stereocenters. The van der Waals surface area contributed by atoms with E-state index in [-0.39, 0.29) is 12.5 Å². The number of urea groups is 1. The van der Waals surface area contributed by atoms with Gasteiger partial charge in [-0.1, -0.05) is 18.2 Å². The molecule has 0 bridgehead atoms. The molecule has 0 aliphatic carbocycles. The van der Waals surface area contributed by atoms with Crippen molar-refractivity contribution in [2.24, 2.45) is 5.73 Å². The number of benzene rings is 2. The summed E-state index contributed by atoms with van der Waals surface area (Å²) in [5, 5.41) is 5.12. The molecule has 0 heterocycles. The summed E-state index contributed by atoms with van der Waals surface area (Å²) in [6.07, 6.45) is 0. The van der Waals surface area contributed by atoms with Crippen molar-refractivity contribution >= 4 is 23.3 Å². The summed E-state index contributed by atoms with van der Waals surface area (Å²) in [7, 11) is 0. The minimum atomic E-state index is -0.636. The average molecular weight is 285 g/mol. The first-order valence-corrected chi connectivity index (χ1v) is 6.28. The molecular weight excluding hydrogens is 270 g/mol. The third-order valence-corrected chi connectivity index (χ3v) is 2.55. The number of amides is 3. The minimum Gasteiger partial charge on any atom is -0.484 e. The third-order valence-electron chi connectivity index (χ3n) is 2.55. The Bertz CT molecular complexity index is 612. The lowest BCUT2D eigenvalue weighted by Gasteiger charge is -2.08. The second kappa shape index (κ2) is 6.95. The molecule has 0 aromatic heterocycles. The molecule has 0 aliphatic heterocycles. The van der Waals surface area contributed by atoms with Crippen LogP contribution >= 0.6 is 0 Å². The topological polar surface area (TPSA) is 93.5 Å². The largest absolute Gasteiger partial charge is 0.484 e. The molecule has 2 rings (SSSR count). The first-order valence-electron chi connectivity index (χ1n) is 6.28. The van der Waals surface area contributed by atoms with Crippen LogP contribution in [0.4, 0.5) is 16.2 Å². The molecule has 6 nitrogen and oxygen atoms in total. The number of hydrogen-bond donors (Lipinski definition) is 3. The van der Waals surface area contributed by atoms with Gasteiger partial charge in [-0.3, -0.25) is 4.79 Å². The lowest BCUT2D eigenvalue weighted by Crippen LogP contribution is -2.20. The average Bonchev–Trinajstić information content (AvgIpc) is 2.48. The van der Waals surface area contributed by atoms with Crippen molar-refractivity contribution < 1.29 is 14.3 Å². The number of rotatable bonds is 5. The van der Waals surface area contributed by atoms with Gasteiger partial charge in [0.05, 0.1) is 0 Å². The number of nitrogens with two attached hydrogens (primary N) is 1. The highest BCUT2D eigenvalue weighted by atomic mass is 16.5. The van der Waals surface area contributed by atoms with E-state index in [0.29, 0.717) is 17.1 Å². The summed E-state index contributed by atoms with van der Waals surface area (Å²) in [4.78, 5) is 22.4. The van der Waals surface area contributed by atoms with E-state index < -0.39 is 6.03 Å². The Kier molecular flexibility index (Phi) is 4.76. The zero-order valence-electron chi connectivity index (χ0n) is 11.2. The van der Waals surface area contributed by atoms with E-state index in [0.717, 1.165) is 0 Å². The molecule has 0 saturated heterocycles. The number of para-hydroxylation sites is 1. The summed E-state index contributed by atoms with van der Waals surface area (Å²) in [5.74, 6) is 0.364. The molecule has 0 saturated carbocycles. The van der Waals surface area contributed by atoms with Gasteiger partial charge in [-0.15, -0.1) is 0 Å². The summed E-state index contributed by atoms with van der Waals surface area (Å²) < 4.78 is 5.33. The van der Waals surface area contributed by atoms with Crippen LogP contribution in [-0.4, -0.2) is 18.5 Å². The number of primary amides is 1. The third kappa shape index (κ3) is 4.87. The van der Waals surface area contributed by atoms with Crippen molar-refractivity contribution in [1.82, 2.24) is 0 Å². The van der Waals surface area contributed by atoms with Crippen molar-refractivity contribution in [2.75, 3.05) is 17.2 Å².